The van der Waals surface area contributed by atoms with Crippen LogP contribution in [-0.4, -0.2) is 37.1 Å². The molecule has 0 amide bonds. The number of thiophene rings is 2. The normalized spacial score (nSPS) is 14.2. The van der Waals surface area contributed by atoms with E-state index in [2.05, 4.69) is 70.9 Å². The Morgan fingerprint density at radius 2 is 1.32 bits per heavy atom. The molecule has 0 atom stereocenters. The molecule has 0 aliphatic heterocycles. The molecule has 0 aliphatic carbocycles. The second-order valence-electron chi connectivity index (χ2n) is 8.00. The van der Waals surface area contributed by atoms with E-state index >= 15 is 0 Å². The Labute approximate surface area is 148 Å². The first-order valence-corrected chi connectivity index (χ1v) is 22.1. The molecule has 0 spiro atoms. The van der Waals surface area contributed by atoms with E-state index in [-0.39, 0.29) is 0 Å². The zero-order chi connectivity index (χ0) is 16.4. The molecular formula is C18H26S3Sn. The molecule has 3 rings (SSSR count). The van der Waals surface area contributed by atoms with Gasteiger partial charge in [-0.3, -0.25) is 0 Å². The van der Waals surface area contributed by atoms with E-state index in [1.165, 1.54) is 26.6 Å². The molecule has 120 valence electrons. The van der Waals surface area contributed by atoms with Gasteiger partial charge in [-0.15, -0.1) is 0 Å². The van der Waals surface area contributed by atoms with E-state index in [9.17, 15) is 0 Å². The van der Waals surface area contributed by atoms with Gasteiger partial charge in [0.05, 0.1) is 0 Å². The fourth-order valence-corrected chi connectivity index (χ4v) is 11.9. The van der Waals surface area contributed by atoms with Crippen LogP contribution in [0.2, 0.25) is 14.8 Å². The maximum absolute atomic E-state index is 2.53. The van der Waals surface area contributed by atoms with E-state index < -0.39 is 28.4 Å². The Bertz CT molecular complexity index is 743. The summed E-state index contributed by atoms with van der Waals surface area (Å²) in [5, 5.41) is 3.03. The summed E-state index contributed by atoms with van der Waals surface area (Å²) in [6, 6.07) is 5.01. The number of hydrogen-bond acceptors (Lipinski definition) is 2. The Hall–Kier alpha value is 0.289. The molecule has 0 saturated heterocycles. The summed E-state index contributed by atoms with van der Waals surface area (Å²) in [7, 11) is -0.640. The topological polar surface area (TPSA) is 0 Å². The molecule has 0 nitrogen and oxygen atoms in total. The van der Waals surface area contributed by atoms with E-state index in [4.69, 9.17) is 0 Å². The third-order valence-corrected chi connectivity index (χ3v) is 19.1. The third-order valence-electron chi connectivity index (χ3n) is 4.27. The van der Waals surface area contributed by atoms with Gasteiger partial charge in [-0.25, -0.2) is 0 Å². The molecule has 0 aliphatic rings. The summed E-state index contributed by atoms with van der Waals surface area (Å²) < 4.78 is 6.35. The standard InChI is InChI=1S/C15H17S3.3CH3.Sn/c1-9-11-6-7-16-14(11)10(2)12-8-13(17-15(9)12)18(3,4)5;;;;/h6,8H,1-5H3;3*1H3;. The molecule has 0 unspecified atom stereocenters. The Morgan fingerprint density at radius 3 is 1.82 bits per heavy atom. The molecule has 3 aromatic rings. The van der Waals surface area contributed by atoms with Gasteiger partial charge in [0.25, 0.3) is 0 Å². The number of benzene rings is 1. The fourth-order valence-electron chi connectivity index (χ4n) is 2.79. The van der Waals surface area contributed by atoms with Crippen molar-refractivity contribution in [3.05, 3.63) is 23.3 Å². The molecule has 1 aromatic carbocycles. The molecular weight excluding hydrogens is 431 g/mol. The monoisotopic (exact) mass is 458 g/mol. The molecule has 2 aromatic heterocycles. The molecule has 0 N–H and O–H groups in total. The zero-order valence-electron chi connectivity index (χ0n) is 14.9. The second-order valence-corrected chi connectivity index (χ2v) is 29.9. The molecule has 2 heterocycles. The molecule has 0 saturated carbocycles. The van der Waals surface area contributed by atoms with E-state index in [1.807, 2.05) is 11.3 Å². The third kappa shape index (κ3) is 2.76. The van der Waals surface area contributed by atoms with Gasteiger partial charge in [-0.1, -0.05) is 0 Å². The van der Waals surface area contributed by atoms with Crippen LogP contribution in [0.5, 0.6) is 0 Å². The van der Waals surface area contributed by atoms with Crippen molar-refractivity contribution < 1.29 is 0 Å². The molecule has 0 bridgehead atoms. The van der Waals surface area contributed by atoms with Crippen LogP contribution in [0.25, 0.3) is 20.2 Å². The predicted octanol–water partition coefficient (Wildman–Crippen LogP) is 6.33. The SMILES string of the molecule is Cc1c2c[c]([Sn]([CH3])([CH3])[CH3])sc2c(C)c2cc(S(C)(C)C)sc12. The van der Waals surface area contributed by atoms with Gasteiger partial charge in [0.2, 0.25) is 0 Å². The summed E-state index contributed by atoms with van der Waals surface area (Å²) in [4.78, 5) is 7.56. The van der Waals surface area contributed by atoms with Gasteiger partial charge in [0.15, 0.2) is 0 Å². The van der Waals surface area contributed by atoms with Gasteiger partial charge < -0.3 is 0 Å². The van der Waals surface area contributed by atoms with Gasteiger partial charge in [0, 0.05) is 0 Å². The van der Waals surface area contributed by atoms with Gasteiger partial charge in [-0.2, -0.15) is 0 Å². The number of rotatable bonds is 2. The van der Waals surface area contributed by atoms with E-state index in [1.54, 1.807) is 11.8 Å². The summed E-state index contributed by atoms with van der Waals surface area (Å²) in [6.07, 6.45) is 7.20. The van der Waals surface area contributed by atoms with Crippen molar-refractivity contribution in [2.24, 2.45) is 0 Å². The van der Waals surface area contributed by atoms with Crippen LogP contribution in [0.1, 0.15) is 11.1 Å². The Kier molecular flexibility index (Phi) is 4.20. The average molecular weight is 457 g/mol. The van der Waals surface area contributed by atoms with E-state index in [0.29, 0.717) is 0 Å². The number of aryl methyl sites for hydroxylation is 2. The van der Waals surface area contributed by atoms with Gasteiger partial charge in [0.1, 0.15) is 0 Å². The summed E-state index contributed by atoms with van der Waals surface area (Å²) in [5.41, 5.74) is 3.02. The van der Waals surface area contributed by atoms with Crippen molar-refractivity contribution in [1.82, 2.24) is 0 Å². The number of fused-ring (bicyclic) bond motifs is 2. The first kappa shape index (κ1) is 17.1. The maximum atomic E-state index is 2.53. The Balaban J connectivity index is 2.38. The van der Waals surface area contributed by atoms with Crippen molar-refractivity contribution in [3.8, 4) is 0 Å². The quantitative estimate of drug-likeness (QED) is 0.395. The summed E-state index contributed by atoms with van der Waals surface area (Å²) >= 11 is 2.13. The minimum absolute atomic E-state index is 0.640. The van der Waals surface area contributed by atoms with Crippen LogP contribution in [0.3, 0.4) is 0 Å². The van der Waals surface area contributed by atoms with Crippen LogP contribution in [-0.2, 0) is 0 Å². The molecule has 0 fully saturated rings. The van der Waals surface area contributed by atoms with Gasteiger partial charge in [-0.05, 0) is 0 Å². The van der Waals surface area contributed by atoms with Crippen molar-refractivity contribution in [3.63, 3.8) is 0 Å². The first-order chi connectivity index (χ1) is 10.00. The van der Waals surface area contributed by atoms with Crippen LogP contribution in [0.15, 0.2) is 16.3 Å². The molecule has 0 radical (unpaired) electrons. The van der Waals surface area contributed by atoms with Crippen molar-refractivity contribution >= 4 is 74.1 Å². The van der Waals surface area contributed by atoms with Gasteiger partial charge >= 0.3 is 149 Å². The van der Waals surface area contributed by atoms with Crippen LogP contribution >= 0.6 is 32.7 Å². The Morgan fingerprint density at radius 1 is 0.818 bits per heavy atom. The fraction of sp³-hybridized carbons (Fsp3) is 0.444. The van der Waals surface area contributed by atoms with Crippen LogP contribution in [0.4, 0.5) is 0 Å². The number of hydrogen-bond donors (Lipinski definition) is 0. The predicted molar refractivity (Wildman–Crippen MR) is 113 cm³/mol. The zero-order valence-corrected chi connectivity index (χ0v) is 20.2. The van der Waals surface area contributed by atoms with E-state index in [0.717, 1.165) is 0 Å². The average Bonchev–Trinajstić information content (AvgIpc) is 2.99. The van der Waals surface area contributed by atoms with Crippen LogP contribution in [0, 0.1) is 13.8 Å². The van der Waals surface area contributed by atoms with Crippen molar-refractivity contribution in [2.45, 2.75) is 32.9 Å². The summed E-state index contributed by atoms with van der Waals surface area (Å²) in [5.74, 6) is 0. The summed E-state index contributed by atoms with van der Waals surface area (Å²) in [6.45, 7) is 4.66. The molecule has 22 heavy (non-hydrogen) atoms. The van der Waals surface area contributed by atoms with Crippen LogP contribution < -0.4 is 2.89 Å². The van der Waals surface area contributed by atoms with Crippen molar-refractivity contribution in [1.29, 1.82) is 0 Å². The first-order valence-electron chi connectivity index (χ1n) is 7.65. The molecule has 4 heteroatoms. The minimum atomic E-state index is -1.98. The van der Waals surface area contributed by atoms with Crippen molar-refractivity contribution in [2.75, 3.05) is 18.8 Å². The second kappa shape index (κ2) is 5.40.